The molecule has 6 nitrogen and oxygen atoms in total. The summed E-state index contributed by atoms with van der Waals surface area (Å²) in [6.45, 7) is 4.41. The van der Waals surface area contributed by atoms with Crippen molar-refractivity contribution in [1.82, 2.24) is 4.90 Å². The van der Waals surface area contributed by atoms with Crippen LogP contribution in [-0.4, -0.2) is 56.5 Å². The topological polar surface area (TPSA) is 55.9 Å². The number of hydrogen-bond donors (Lipinski definition) is 1. The van der Waals surface area contributed by atoms with E-state index in [4.69, 9.17) is 0 Å². The Hall–Kier alpha value is -2.93. The van der Waals surface area contributed by atoms with E-state index >= 15 is 0 Å². The van der Waals surface area contributed by atoms with E-state index in [1.165, 1.54) is 24.3 Å². The van der Waals surface area contributed by atoms with Crippen molar-refractivity contribution in [2.45, 2.75) is 6.42 Å². The van der Waals surface area contributed by atoms with Crippen LogP contribution in [0.5, 0.6) is 0 Å². The second-order valence-corrected chi connectivity index (χ2v) is 7.71. The molecule has 1 N–H and O–H groups in total. The summed E-state index contributed by atoms with van der Waals surface area (Å²) in [5.74, 6) is -1.06. The summed E-state index contributed by atoms with van der Waals surface area (Å²) in [5, 5.41) is 2.76. The molecule has 0 radical (unpaired) electrons. The highest BCUT2D eigenvalue weighted by Gasteiger charge is 2.35. The van der Waals surface area contributed by atoms with Gasteiger partial charge in [0.2, 0.25) is 11.8 Å². The molecular formula is C22H25FN4O2. The van der Waals surface area contributed by atoms with Gasteiger partial charge in [-0.05, 0) is 55.6 Å². The van der Waals surface area contributed by atoms with Crippen LogP contribution in [-0.2, 0) is 9.59 Å². The third-order valence-corrected chi connectivity index (χ3v) is 5.64. The van der Waals surface area contributed by atoms with Crippen LogP contribution < -0.4 is 15.1 Å². The summed E-state index contributed by atoms with van der Waals surface area (Å²) >= 11 is 0. The maximum absolute atomic E-state index is 13.0. The molecule has 0 bridgehead atoms. The van der Waals surface area contributed by atoms with Gasteiger partial charge in [0, 0.05) is 56.2 Å². The number of anilines is 3. The number of nitrogens with one attached hydrogen (secondary N) is 1. The molecule has 2 aliphatic heterocycles. The molecule has 7 heteroatoms. The van der Waals surface area contributed by atoms with E-state index in [1.807, 2.05) is 24.3 Å². The fraction of sp³-hybridized carbons (Fsp3) is 0.364. The third kappa shape index (κ3) is 4.40. The molecule has 2 aromatic carbocycles. The van der Waals surface area contributed by atoms with E-state index in [1.54, 1.807) is 4.90 Å². The van der Waals surface area contributed by atoms with E-state index in [0.29, 0.717) is 12.2 Å². The molecule has 1 atom stereocenters. The third-order valence-electron chi connectivity index (χ3n) is 5.64. The molecule has 2 fully saturated rings. The van der Waals surface area contributed by atoms with Gasteiger partial charge < -0.3 is 20.0 Å². The Morgan fingerprint density at radius 1 is 0.966 bits per heavy atom. The van der Waals surface area contributed by atoms with Crippen LogP contribution in [0.1, 0.15) is 6.42 Å². The monoisotopic (exact) mass is 396 g/mol. The lowest BCUT2D eigenvalue weighted by Gasteiger charge is -2.34. The van der Waals surface area contributed by atoms with Gasteiger partial charge in [0.05, 0.1) is 5.92 Å². The van der Waals surface area contributed by atoms with Gasteiger partial charge in [-0.2, -0.15) is 0 Å². The molecule has 2 heterocycles. The van der Waals surface area contributed by atoms with Crippen molar-refractivity contribution in [3.63, 3.8) is 0 Å². The number of hydrogen-bond acceptors (Lipinski definition) is 4. The molecule has 0 spiro atoms. The molecular weight excluding hydrogens is 371 g/mol. The quantitative estimate of drug-likeness (QED) is 0.863. The predicted octanol–water partition coefficient (Wildman–Crippen LogP) is 2.57. The summed E-state index contributed by atoms with van der Waals surface area (Å²) in [6, 6.07) is 13.6. The number of benzene rings is 2. The van der Waals surface area contributed by atoms with Gasteiger partial charge in [-0.15, -0.1) is 0 Å². The minimum absolute atomic E-state index is 0.0587. The van der Waals surface area contributed by atoms with Crippen molar-refractivity contribution in [2.75, 3.05) is 54.9 Å². The molecule has 4 rings (SSSR count). The number of carbonyl (C=O) groups is 2. The molecule has 0 aliphatic carbocycles. The van der Waals surface area contributed by atoms with E-state index in [-0.39, 0.29) is 24.1 Å². The molecule has 2 amide bonds. The van der Waals surface area contributed by atoms with E-state index < -0.39 is 5.92 Å². The summed E-state index contributed by atoms with van der Waals surface area (Å²) in [7, 11) is 2.13. The summed E-state index contributed by atoms with van der Waals surface area (Å²) in [4.78, 5) is 31.3. The second-order valence-electron chi connectivity index (χ2n) is 7.71. The summed E-state index contributed by atoms with van der Waals surface area (Å²) in [6.07, 6.45) is 0.174. The number of amides is 2. The van der Waals surface area contributed by atoms with Crippen molar-refractivity contribution >= 4 is 28.9 Å². The molecule has 0 aromatic heterocycles. The Labute approximate surface area is 169 Å². The van der Waals surface area contributed by atoms with Gasteiger partial charge in [-0.1, -0.05) is 0 Å². The predicted molar refractivity (Wildman–Crippen MR) is 112 cm³/mol. The number of likely N-dealkylation sites (N-methyl/N-ethyl adjacent to an activating group) is 1. The highest BCUT2D eigenvalue weighted by molar-refractivity contribution is 6.03. The van der Waals surface area contributed by atoms with E-state index in [2.05, 4.69) is 22.2 Å². The zero-order valence-corrected chi connectivity index (χ0v) is 16.5. The summed E-state index contributed by atoms with van der Waals surface area (Å²) < 4.78 is 13.0. The number of carbonyl (C=O) groups excluding carboxylic acids is 2. The smallest absolute Gasteiger partial charge is 0.229 e. The lowest BCUT2D eigenvalue weighted by molar-refractivity contribution is -0.122. The first kappa shape index (κ1) is 19.4. The van der Waals surface area contributed by atoms with Gasteiger partial charge in [0.1, 0.15) is 5.82 Å². The first-order valence-corrected chi connectivity index (χ1v) is 9.90. The van der Waals surface area contributed by atoms with E-state index in [0.717, 1.165) is 37.6 Å². The van der Waals surface area contributed by atoms with Crippen LogP contribution in [0.25, 0.3) is 0 Å². The Bertz CT molecular complexity index is 877. The highest BCUT2D eigenvalue weighted by atomic mass is 19.1. The van der Waals surface area contributed by atoms with Crippen molar-refractivity contribution in [2.24, 2.45) is 5.92 Å². The maximum Gasteiger partial charge on any atom is 0.229 e. The van der Waals surface area contributed by atoms with Crippen LogP contribution in [0.15, 0.2) is 48.5 Å². The minimum Gasteiger partial charge on any atom is -0.369 e. The Morgan fingerprint density at radius 3 is 2.24 bits per heavy atom. The van der Waals surface area contributed by atoms with Gasteiger partial charge in [-0.25, -0.2) is 4.39 Å². The SMILES string of the molecule is CN1CCN(c2ccc(N3CC(C(=O)Nc4ccc(F)cc4)CC3=O)cc2)CC1. The molecule has 2 saturated heterocycles. The number of nitrogens with zero attached hydrogens (tertiary/aromatic N) is 3. The normalized spacial score (nSPS) is 20.2. The summed E-state index contributed by atoms with van der Waals surface area (Å²) in [5.41, 5.74) is 2.49. The first-order chi connectivity index (χ1) is 14.0. The lowest BCUT2D eigenvalue weighted by Crippen LogP contribution is -2.44. The van der Waals surface area contributed by atoms with E-state index in [9.17, 15) is 14.0 Å². The standard InChI is InChI=1S/C22H25FN4O2/c1-25-10-12-26(13-11-25)19-6-8-20(9-7-19)27-15-16(14-21(27)28)22(29)24-18-4-2-17(23)3-5-18/h2-9,16H,10-15H2,1H3,(H,24,29). The molecule has 2 aliphatic rings. The van der Waals surface area contributed by atoms with Crippen molar-refractivity contribution in [3.05, 3.63) is 54.3 Å². The van der Waals surface area contributed by atoms with Crippen LogP contribution in [0.4, 0.5) is 21.5 Å². The average molecular weight is 396 g/mol. The van der Waals surface area contributed by atoms with Crippen LogP contribution in [0.2, 0.25) is 0 Å². The molecule has 29 heavy (non-hydrogen) atoms. The Morgan fingerprint density at radius 2 is 1.59 bits per heavy atom. The van der Waals surface area contributed by atoms with Crippen molar-refractivity contribution in [1.29, 1.82) is 0 Å². The number of halogens is 1. The van der Waals surface area contributed by atoms with Crippen molar-refractivity contribution in [3.8, 4) is 0 Å². The second kappa shape index (κ2) is 8.21. The lowest BCUT2D eigenvalue weighted by atomic mass is 10.1. The molecule has 1 unspecified atom stereocenters. The average Bonchev–Trinajstić information content (AvgIpc) is 3.12. The first-order valence-electron chi connectivity index (χ1n) is 9.90. The fourth-order valence-corrected chi connectivity index (χ4v) is 3.82. The van der Waals surface area contributed by atoms with Crippen molar-refractivity contribution < 1.29 is 14.0 Å². The minimum atomic E-state index is -0.426. The maximum atomic E-state index is 13.0. The number of rotatable bonds is 4. The van der Waals surface area contributed by atoms with Crippen LogP contribution >= 0.6 is 0 Å². The Balaban J connectivity index is 1.38. The zero-order valence-electron chi connectivity index (χ0n) is 16.5. The molecule has 0 saturated carbocycles. The Kier molecular flexibility index (Phi) is 5.49. The number of piperazine rings is 1. The highest BCUT2D eigenvalue weighted by Crippen LogP contribution is 2.28. The molecule has 152 valence electrons. The van der Waals surface area contributed by atoms with Gasteiger partial charge in [0.25, 0.3) is 0 Å². The van der Waals surface area contributed by atoms with Gasteiger partial charge in [-0.3, -0.25) is 9.59 Å². The van der Waals surface area contributed by atoms with Gasteiger partial charge >= 0.3 is 0 Å². The van der Waals surface area contributed by atoms with Crippen LogP contribution in [0, 0.1) is 11.7 Å². The fourth-order valence-electron chi connectivity index (χ4n) is 3.82. The van der Waals surface area contributed by atoms with Crippen LogP contribution in [0.3, 0.4) is 0 Å². The largest absolute Gasteiger partial charge is 0.369 e. The molecule has 2 aromatic rings. The zero-order chi connectivity index (χ0) is 20.4. The van der Waals surface area contributed by atoms with Gasteiger partial charge in [0.15, 0.2) is 0 Å².